The Morgan fingerprint density at radius 3 is 1.75 bits per heavy atom. The summed E-state index contributed by atoms with van der Waals surface area (Å²) in [6.07, 6.45) is 0. The van der Waals surface area contributed by atoms with E-state index in [9.17, 15) is 0 Å². The van der Waals surface area contributed by atoms with Crippen molar-refractivity contribution in [3.63, 3.8) is 0 Å². The van der Waals surface area contributed by atoms with Gasteiger partial charge in [0.2, 0.25) is 5.96 Å². The first kappa shape index (κ1) is 9.75. The van der Waals surface area contributed by atoms with Crippen LogP contribution < -0.4 is 17.3 Å². The second kappa shape index (κ2) is 9.12. The zero-order chi connectivity index (χ0) is 6.99. The van der Waals surface area contributed by atoms with E-state index in [-0.39, 0.29) is 5.96 Å². The molecule has 0 bridgehead atoms. The first-order valence-corrected chi connectivity index (χ1v) is 1.78. The summed E-state index contributed by atoms with van der Waals surface area (Å²) in [4.78, 5) is 0. The number of nitrogens with zero attached hydrogens (tertiary/aromatic N) is 2. The normalized spacial score (nSPS) is 5.00. The molecular weight excluding hydrogens is 106 g/mol. The third-order valence-electron chi connectivity index (χ3n) is 0.149. The number of hydrazone groups is 1. The van der Waals surface area contributed by atoms with Gasteiger partial charge in [0.1, 0.15) is 0 Å². The van der Waals surface area contributed by atoms with Gasteiger partial charge < -0.3 is 17.3 Å². The van der Waals surface area contributed by atoms with E-state index in [2.05, 4.69) is 10.9 Å². The molecule has 0 aliphatic heterocycles. The summed E-state index contributed by atoms with van der Waals surface area (Å²) in [5.41, 5.74) is 9.39. The Morgan fingerprint density at radius 1 is 1.62 bits per heavy atom. The lowest BCUT2D eigenvalue weighted by atomic mass is 11.0. The molecule has 0 saturated carbocycles. The van der Waals surface area contributed by atoms with E-state index in [1.165, 1.54) is 6.92 Å². The zero-order valence-electron chi connectivity index (χ0n) is 4.63. The summed E-state index contributed by atoms with van der Waals surface area (Å²) < 4.78 is 0. The highest BCUT2D eigenvalue weighted by Gasteiger charge is 1.62. The predicted molar refractivity (Wildman–Crippen MR) is 31.3 cm³/mol. The van der Waals surface area contributed by atoms with Crippen molar-refractivity contribution in [3.8, 4) is 6.07 Å². The van der Waals surface area contributed by atoms with Gasteiger partial charge in [0.05, 0.1) is 6.07 Å². The van der Waals surface area contributed by atoms with Crippen LogP contribution in [0.3, 0.4) is 0 Å². The Bertz CT molecular complexity index is 94.7. The minimum atomic E-state index is -0.0926. The van der Waals surface area contributed by atoms with Crippen LogP contribution in [-0.4, -0.2) is 5.96 Å². The molecule has 0 spiro atoms. The average Bonchev–Trinajstić information content (AvgIpc) is 1.69. The minimum Gasteiger partial charge on any atom is -0.369 e. The lowest BCUT2D eigenvalue weighted by molar-refractivity contribution is 1.21. The van der Waals surface area contributed by atoms with Gasteiger partial charge in [-0.3, -0.25) is 0 Å². The summed E-state index contributed by atoms with van der Waals surface area (Å²) in [6.45, 7) is 1.43. The molecule has 6 N–H and O–H groups in total. The number of rotatable bonds is 0. The van der Waals surface area contributed by atoms with Crippen LogP contribution in [0.4, 0.5) is 0 Å². The molecule has 0 saturated heterocycles. The molecule has 0 unspecified atom stereocenters. The lowest BCUT2D eigenvalue weighted by Gasteiger charge is -1.76. The summed E-state index contributed by atoms with van der Waals surface area (Å²) in [7, 11) is 0. The maximum Gasteiger partial charge on any atom is 0.208 e. The van der Waals surface area contributed by atoms with Crippen molar-refractivity contribution >= 4 is 5.96 Å². The Morgan fingerprint density at radius 2 is 1.75 bits per heavy atom. The Balaban J connectivity index is 0. The van der Waals surface area contributed by atoms with Gasteiger partial charge in [0.25, 0.3) is 0 Å². The van der Waals surface area contributed by atoms with Crippen molar-refractivity contribution in [1.82, 2.24) is 0 Å². The Labute approximate surface area is 47.8 Å². The van der Waals surface area contributed by atoms with E-state index < -0.39 is 0 Å². The second-order valence-corrected chi connectivity index (χ2v) is 0.778. The van der Waals surface area contributed by atoms with Crippen LogP contribution in [0.2, 0.25) is 0 Å². The molecule has 0 aromatic rings. The van der Waals surface area contributed by atoms with Crippen LogP contribution >= 0.6 is 0 Å². The first-order chi connectivity index (χ1) is 3.68. The van der Waals surface area contributed by atoms with Gasteiger partial charge in [-0.25, -0.2) is 0 Å². The van der Waals surface area contributed by atoms with Crippen LogP contribution in [0.25, 0.3) is 0 Å². The summed E-state index contributed by atoms with van der Waals surface area (Å²) >= 11 is 0. The molecule has 0 aromatic carbocycles. The fourth-order valence-corrected chi connectivity index (χ4v) is 0. The van der Waals surface area contributed by atoms with Crippen molar-refractivity contribution in [1.29, 1.82) is 5.26 Å². The van der Waals surface area contributed by atoms with Crippen molar-refractivity contribution in [3.05, 3.63) is 0 Å². The van der Waals surface area contributed by atoms with Gasteiger partial charge in [-0.1, -0.05) is 0 Å². The first-order valence-electron chi connectivity index (χ1n) is 1.78. The molecule has 8 heavy (non-hydrogen) atoms. The molecule has 0 aliphatic rings. The zero-order valence-corrected chi connectivity index (χ0v) is 4.63. The number of hydrogen-bond donors (Lipinski definition) is 3. The molecule has 5 nitrogen and oxygen atoms in total. The number of nitriles is 1. The average molecular weight is 115 g/mol. The number of nitrogens with two attached hydrogens (primary N) is 3. The van der Waals surface area contributed by atoms with E-state index in [1.54, 1.807) is 6.07 Å². The second-order valence-electron chi connectivity index (χ2n) is 0.778. The SMILES string of the molecule is CC#N.NN=C(N)N. The molecule has 0 aromatic heterocycles. The smallest absolute Gasteiger partial charge is 0.208 e. The Kier molecular flexibility index (Phi) is 11.1. The monoisotopic (exact) mass is 115 g/mol. The largest absolute Gasteiger partial charge is 0.369 e. The molecule has 0 fully saturated rings. The molecule has 5 heteroatoms. The van der Waals surface area contributed by atoms with Gasteiger partial charge in [0, 0.05) is 6.92 Å². The molecule has 0 amide bonds. The Hall–Kier alpha value is -1.44. The van der Waals surface area contributed by atoms with Crippen molar-refractivity contribution in [2.75, 3.05) is 0 Å². The van der Waals surface area contributed by atoms with E-state index in [0.717, 1.165) is 0 Å². The molecule has 0 radical (unpaired) electrons. The van der Waals surface area contributed by atoms with Crippen LogP contribution in [0.1, 0.15) is 6.92 Å². The van der Waals surface area contributed by atoms with E-state index in [1.807, 2.05) is 0 Å². The molecule has 0 heterocycles. The van der Waals surface area contributed by atoms with Gasteiger partial charge in [-0.2, -0.15) is 5.26 Å². The van der Waals surface area contributed by atoms with E-state index in [4.69, 9.17) is 16.7 Å². The van der Waals surface area contributed by atoms with Crippen LogP contribution in [-0.2, 0) is 0 Å². The van der Waals surface area contributed by atoms with Crippen LogP contribution in [0, 0.1) is 11.3 Å². The maximum atomic E-state index is 7.32. The number of guanidine groups is 1. The third-order valence-corrected chi connectivity index (χ3v) is 0.149. The fourth-order valence-electron chi connectivity index (χ4n) is 0. The van der Waals surface area contributed by atoms with Crippen molar-refractivity contribution in [2.45, 2.75) is 6.92 Å². The summed E-state index contributed by atoms with van der Waals surface area (Å²) in [5, 5.41) is 10.2. The highest BCUT2D eigenvalue weighted by atomic mass is 15.2. The lowest BCUT2D eigenvalue weighted by Crippen LogP contribution is -2.23. The summed E-state index contributed by atoms with van der Waals surface area (Å²) in [5.74, 6) is 4.42. The van der Waals surface area contributed by atoms with Crippen molar-refractivity contribution < 1.29 is 0 Å². The molecule has 0 aliphatic carbocycles. The molecule has 0 rings (SSSR count). The molecule has 46 valence electrons. The minimum absolute atomic E-state index is 0.0926. The van der Waals surface area contributed by atoms with Gasteiger partial charge >= 0.3 is 0 Å². The quantitative estimate of drug-likeness (QED) is 0.157. The van der Waals surface area contributed by atoms with Gasteiger partial charge in [-0.05, 0) is 0 Å². The highest BCUT2D eigenvalue weighted by Crippen LogP contribution is 1.31. The van der Waals surface area contributed by atoms with Crippen LogP contribution in [0.15, 0.2) is 5.10 Å². The summed E-state index contributed by atoms with van der Waals surface area (Å²) in [6, 6.07) is 1.75. The standard InChI is InChI=1S/C2H3N.CH6N4/c1-2-3;2-1(3)5-4/h1H3;4H2,(H4,2,3,5). The fraction of sp³-hybridized carbons (Fsp3) is 0.333. The van der Waals surface area contributed by atoms with Crippen molar-refractivity contribution in [2.24, 2.45) is 22.4 Å². The van der Waals surface area contributed by atoms with E-state index in [0.29, 0.717) is 0 Å². The van der Waals surface area contributed by atoms with Crippen LogP contribution in [0.5, 0.6) is 0 Å². The molecular formula is C3H9N5. The van der Waals surface area contributed by atoms with Gasteiger partial charge in [-0.15, -0.1) is 5.10 Å². The van der Waals surface area contributed by atoms with E-state index >= 15 is 0 Å². The molecule has 0 atom stereocenters. The number of hydrogen-bond acceptors (Lipinski definition) is 3. The maximum absolute atomic E-state index is 7.32. The topological polar surface area (TPSA) is 114 Å². The predicted octanol–water partition coefficient (Wildman–Crippen LogP) is -1.34. The highest BCUT2D eigenvalue weighted by molar-refractivity contribution is 5.75. The van der Waals surface area contributed by atoms with Gasteiger partial charge in [0.15, 0.2) is 0 Å². The third kappa shape index (κ3) is 184.